The van der Waals surface area contributed by atoms with Crippen molar-refractivity contribution in [3.8, 4) is 22.5 Å². The Labute approximate surface area is 204 Å². The third kappa shape index (κ3) is 5.79. The number of hydrogen-bond donors (Lipinski definition) is 1. The average molecular weight is 474 g/mol. The summed E-state index contributed by atoms with van der Waals surface area (Å²) in [5.74, 6) is 0.937. The maximum Gasteiger partial charge on any atom is 0.353 e. The van der Waals surface area contributed by atoms with Gasteiger partial charge in [-0.05, 0) is 34.4 Å². The fourth-order valence-electron chi connectivity index (χ4n) is 4.09. The maximum absolute atomic E-state index is 13.0. The normalized spacial score (nSPS) is 11.1. The molecule has 0 aliphatic carbocycles. The summed E-state index contributed by atoms with van der Waals surface area (Å²) in [6.45, 7) is 4.31. The molecule has 0 saturated heterocycles. The van der Waals surface area contributed by atoms with Gasteiger partial charge in [0.2, 0.25) is 5.82 Å². The molecule has 9 nitrogen and oxygen atoms in total. The number of carbonyl (C=O) groups is 1. The van der Waals surface area contributed by atoms with Crippen LogP contribution in [0.4, 0.5) is 0 Å². The number of unbranched alkanes of at least 4 members (excludes halogenated alkanes) is 4. The molecule has 0 aliphatic heterocycles. The number of aromatic nitrogens is 7. The molecule has 0 atom stereocenters. The van der Waals surface area contributed by atoms with E-state index in [4.69, 9.17) is 0 Å². The van der Waals surface area contributed by atoms with Crippen molar-refractivity contribution in [3.05, 3.63) is 70.4 Å². The van der Waals surface area contributed by atoms with E-state index in [-0.39, 0.29) is 18.0 Å². The smallest absolute Gasteiger partial charge is 0.274 e. The molecule has 4 rings (SSSR count). The highest BCUT2D eigenvalue weighted by Gasteiger charge is 2.17. The van der Waals surface area contributed by atoms with Crippen LogP contribution < -0.4 is 5.69 Å². The van der Waals surface area contributed by atoms with Crippen molar-refractivity contribution in [2.45, 2.75) is 65.3 Å². The average Bonchev–Trinajstić information content (AvgIpc) is 3.53. The highest BCUT2D eigenvalue weighted by atomic mass is 16.2. The molecule has 182 valence electrons. The first-order chi connectivity index (χ1) is 17.1. The van der Waals surface area contributed by atoms with E-state index in [0.29, 0.717) is 24.6 Å². The number of tetrazole rings is 1. The van der Waals surface area contributed by atoms with Crippen molar-refractivity contribution in [1.82, 2.24) is 35.0 Å². The van der Waals surface area contributed by atoms with E-state index >= 15 is 0 Å². The van der Waals surface area contributed by atoms with E-state index in [1.54, 1.807) is 11.5 Å². The quantitative estimate of drug-likeness (QED) is 0.321. The summed E-state index contributed by atoms with van der Waals surface area (Å²) in [6.07, 6.45) is 6.53. The summed E-state index contributed by atoms with van der Waals surface area (Å²) in [7, 11) is 0. The zero-order chi connectivity index (χ0) is 24.6. The number of rotatable bonds is 11. The molecule has 0 bridgehead atoms. The van der Waals surface area contributed by atoms with Crippen molar-refractivity contribution < 1.29 is 4.79 Å². The van der Waals surface area contributed by atoms with Gasteiger partial charge in [-0.15, -0.1) is 20.0 Å². The van der Waals surface area contributed by atoms with E-state index in [2.05, 4.69) is 32.6 Å². The van der Waals surface area contributed by atoms with Gasteiger partial charge in [0.25, 0.3) is 5.91 Å². The summed E-state index contributed by atoms with van der Waals surface area (Å²) in [6, 6.07) is 16.0. The Morgan fingerprint density at radius 2 is 1.71 bits per heavy atom. The van der Waals surface area contributed by atoms with Crippen molar-refractivity contribution in [2.75, 3.05) is 0 Å². The van der Waals surface area contributed by atoms with Crippen LogP contribution in [-0.4, -0.2) is 40.9 Å². The van der Waals surface area contributed by atoms with E-state index in [1.165, 1.54) is 19.3 Å². The van der Waals surface area contributed by atoms with Gasteiger partial charge in [-0.25, -0.2) is 4.79 Å². The first-order valence-corrected chi connectivity index (χ1v) is 12.3. The molecular weight excluding hydrogens is 442 g/mol. The topological polar surface area (TPSA) is 111 Å². The number of aryl methyl sites for hydroxylation is 1. The molecule has 4 aromatic rings. The molecule has 0 unspecified atom stereocenters. The maximum atomic E-state index is 13.0. The Hall–Kier alpha value is -3.88. The van der Waals surface area contributed by atoms with Crippen LogP contribution in [-0.2, 0) is 13.0 Å². The summed E-state index contributed by atoms with van der Waals surface area (Å²) in [5.41, 5.74) is 3.56. The molecule has 0 spiro atoms. The number of nitrogens with zero attached hydrogens (tertiary/aromatic N) is 6. The molecule has 0 radical (unpaired) electrons. The zero-order valence-electron chi connectivity index (χ0n) is 20.3. The van der Waals surface area contributed by atoms with E-state index in [0.717, 1.165) is 39.8 Å². The summed E-state index contributed by atoms with van der Waals surface area (Å²) >= 11 is 0. The van der Waals surface area contributed by atoms with Crippen molar-refractivity contribution in [2.24, 2.45) is 0 Å². The standard InChI is InChI=1S/C26H31N7O2/c1-3-5-6-7-8-12-23-29-33(24(34)4-2)26(35)32(23)18-19-13-15-20(16-14-19)21-10-9-11-22(17-21)25-27-30-31-28-25/h9-11,13-17H,3-8,12,18H2,1-2H3,(H,27,28,30,31). The Morgan fingerprint density at radius 3 is 2.43 bits per heavy atom. The molecule has 1 N–H and O–H groups in total. The minimum atomic E-state index is -0.364. The van der Waals surface area contributed by atoms with Crippen LogP contribution in [0.15, 0.2) is 53.3 Å². The summed E-state index contributed by atoms with van der Waals surface area (Å²) in [4.78, 5) is 25.2. The van der Waals surface area contributed by atoms with Gasteiger partial charge in [-0.3, -0.25) is 9.36 Å². The highest BCUT2D eigenvalue weighted by molar-refractivity contribution is 5.77. The molecule has 0 fully saturated rings. The Morgan fingerprint density at radius 1 is 0.943 bits per heavy atom. The fraction of sp³-hybridized carbons (Fsp3) is 0.385. The van der Waals surface area contributed by atoms with Crippen molar-refractivity contribution in [3.63, 3.8) is 0 Å². The highest BCUT2D eigenvalue weighted by Crippen LogP contribution is 2.24. The molecule has 2 aromatic carbocycles. The van der Waals surface area contributed by atoms with Crippen molar-refractivity contribution in [1.29, 1.82) is 0 Å². The minimum absolute atomic E-state index is 0.241. The number of nitrogens with one attached hydrogen (secondary N) is 1. The van der Waals surface area contributed by atoms with Crippen LogP contribution in [0.25, 0.3) is 22.5 Å². The number of H-pyrrole nitrogens is 1. The minimum Gasteiger partial charge on any atom is -0.274 e. The summed E-state index contributed by atoms with van der Waals surface area (Å²) in [5, 5.41) is 18.6. The second-order valence-electron chi connectivity index (χ2n) is 8.62. The molecule has 9 heteroatoms. The number of benzene rings is 2. The lowest BCUT2D eigenvalue weighted by Gasteiger charge is -2.08. The third-order valence-corrected chi connectivity index (χ3v) is 6.08. The van der Waals surface area contributed by atoms with Crippen LogP contribution in [0.5, 0.6) is 0 Å². The fourth-order valence-corrected chi connectivity index (χ4v) is 4.09. The van der Waals surface area contributed by atoms with Gasteiger partial charge < -0.3 is 0 Å². The molecule has 2 heterocycles. The largest absolute Gasteiger partial charge is 0.353 e. The number of carbonyl (C=O) groups excluding carboxylic acids is 1. The monoisotopic (exact) mass is 473 g/mol. The van der Waals surface area contributed by atoms with Crippen molar-refractivity contribution >= 4 is 5.91 Å². The molecular formula is C26H31N7O2. The van der Waals surface area contributed by atoms with Crippen LogP contribution in [0.3, 0.4) is 0 Å². The van der Waals surface area contributed by atoms with Crippen LogP contribution in [0.1, 0.15) is 68.6 Å². The zero-order valence-corrected chi connectivity index (χ0v) is 20.3. The van der Waals surface area contributed by atoms with Gasteiger partial charge >= 0.3 is 5.69 Å². The number of hydrogen-bond acceptors (Lipinski definition) is 6. The molecule has 35 heavy (non-hydrogen) atoms. The lowest BCUT2D eigenvalue weighted by atomic mass is 10.0. The van der Waals surface area contributed by atoms with Crippen LogP contribution >= 0.6 is 0 Å². The van der Waals surface area contributed by atoms with Gasteiger partial charge in [-0.2, -0.15) is 5.21 Å². The number of aromatic amines is 1. The van der Waals surface area contributed by atoms with Gasteiger partial charge in [0.05, 0.1) is 6.54 Å². The summed E-state index contributed by atoms with van der Waals surface area (Å²) < 4.78 is 2.67. The van der Waals surface area contributed by atoms with E-state index in [1.807, 2.05) is 48.5 Å². The predicted molar refractivity (Wildman–Crippen MR) is 134 cm³/mol. The SMILES string of the molecule is CCCCCCCc1nn(C(=O)CC)c(=O)n1Cc1ccc(-c2cccc(-c3nn[nH]n3)c2)cc1. The van der Waals surface area contributed by atoms with Crippen LogP contribution in [0.2, 0.25) is 0 Å². The Bertz CT molecular complexity index is 1300. The predicted octanol–water partition coefficient (Wildman–Crippen LogP) is 4.50. The van der Waals surface area contributed by atoms with Crippen LogP contribution in [0, 0.1) is 0 Å². The first-order valence-electron chi connectivity index (χ1n) is 12.3. The Balaban J connectivity index is 1.53. The second kappa shape index (κ2) is 11.5. The molecule has 2 aromatic heterocycles. The molecule has 0 aliphatic rings. The Kier molecular flexibility index (Phi) is 7.97. The second-order valence-corrected chi connectivity index (χ2v) is 8.62. The van der Waals surface area contributed by atoms with Gasteiger partial charge in [0.15, 0.2) is 0 Å². The third-order valence-electron chi connectivity index (χ3n) is 6.08. The lowest BCUT2D eigenvalue weighted by molar-refractivity contribution is 0.0887. The van der Waals surface area contributed by atoms with E-state index in [9.17, 15) is 9.59 Å². The first kappa shape index (κ1) is 24.3. The molecule has 0 saturated carbocycles. The lowest BCUT2D eigenvalue weighted by Crippen LogP contribution is -2.30. The van der Waals surface area contributed by atoms with Gasteiger partial charge in [0, 0.05) is 18.4 Å². The van der Waals surface area contributed by atoms with Gasteiger partial charge in [-0.1, -0.05) is 82.0 Å². The van der Waals surface area contributed by atoms with Gasteiger partial charge in [0.1, 0.15) is 5.82 Å². The van der Waals surface area contributed by atoms with E-state index < -0.39 is 0 Å². The molecule has 0 amide bonds.